The molecular weight excluding hydrogens is 596 g/mol. The number of thiophene rings is 1. The largest absolute Gasteiger partial charge is 0.497 e. The molecule has 3 heterocycles. The smallest absolute Gasteiger partial charge is 0.355 e. The SMILES string of the molecule is COc1ccc(COC(=O)C2=C(CBr)CS[C@H]3C(NC(=O)Cc4ccc(Br)s4)C(=O)N23)cc1. The molecule has 174 valence electrons. The van der Waals surface area contributed by atoms with Crippen LogP contribution in [0.25, 0.3) is 0 Å². The highest BCUT2D eigenvalue weighted by Crippen LogP contribution is 2.41. The van der Waals surface area contributed by atoms with E-state index >= 15 is 0 Å². The second-order valence-electron chi connectivity index (χ2n) is 7.35. The highest BCUT2D eigenvalue weighted by Gasteiger charge is 2.54. The molecule has 0 spiro atoms. The lowest BCUT2D eigenvalue weighted by molar-refractivity contribution is -0.153. The van der Waals surface area contributed by atoms with Crippen LogP contribution in [-0.2, 0) is 32.1 Å². The quantitative estimate of drug-likeness (QED) is 0.276. The fourth-order valence-corrected chi connectivity index (χ4v) is 7.10. The van der Waals surface area contributed by atoms with Crippen molar-refractivity contribution in [3.63, 3.8) is 0 Å². The molecule has 1 fully saturated rings. The van der Waals surface area contributed by atoms with Crippen LogP contribution in [0, 0.1) is 0 Å². The lowest BCUT2D eigenvalue weighted by Crippen LogP contribution is -2.70. The van der Waals surface area contributed by atoms with E-state index in [2.05, 4.69) is 37.2 Å². The zero-order chi connectivity index (χ0) is 23.5. The summed E-state index contributed by atoms with van der Waals surface area (Å²) in [6.07, 6.45) is 0.205. The third-order valence-electron chi connectivity index (χ3n) is 5.21. The van der Waals surface area contributed by atoms with Gasteiger partial charge in [-0.2, -0.15) is 0 Å². The van der Waals surface area contributed by atoms with Crippen molar-refractivity contribution in [3.05, 3.63) is 61.9 Å². The van der Waals surface area contributed by atoms with Crippen molar-refractivity contribution in [2.75, 3.05) is 18.2 Å². The van der Waals surface area contributed by atoms with Crippen LogP contribution in [0.2, 0.25) is 0 Å². The van der Waals surface area contributed by atoms with E-state index in [0.29, 0.717) is 16.8 Å². The fraction of sp³-hybridized carbons (Fsp3) is 0.318. The molecule has 4 rings (SSSR count). The van der Waals surface area contributed by atoms with E-state index in [4.69, 9.17) is 9.47 Å². The number of halogens is 2. The van der Waals surface area contributed by atoms with Crippen LogP contribution in [0.15, 0.2) is 51.5 Å². The number of fused-ring (bicyclic) bond motifs is 1. The van der Waals surface area contributed by atoms with Crippen molar-refractivity contribution >= 4 is 72.7 Å². The second-order valence-corrected chi connectivity index (χ2v) is 11.6. The molecule has 1 aromatic heterocycles. The zero-order valence-corrected chi connectivity index (χ0v) is 22.3. The van der Waals surface area contributed by atoms with Crippen molar-refractivity contribution in [3.8, 4) is 5.75 Å². The van der Waals surface area contributed by atoms with Gasteiger partial charge in [-0.15, -0.1) is 23.1 Å². The number of amides is 2. The van der Waals surface area contributed by atoms with Gasteiger partial charge >= 0.3 is 5.97 Å². The van der Waals surface area contributed by atoms with Crippen molar-refractivity contribution < 1.29 is 23.9 Å². The molecule has 11 heteroatoms. The summed E-state index contributed by atoms with van der Waals surface area (Å²) in [7, 11) is 1.59. The average molecular weight is 616 g/mol. The Bertz CT molecular complexity index is 1100. The number of hydrogen-bond acceptors (Lipinski definition) is 7. The molecule has 33 heavy (non-hydrogen) atoms. The number of nitrogens with zero attached hydrogens (tertiary/aromatic N) is 1. The van der Waals surface area contributed by atoms with Crippen molar-refractivity contribution in [1.29, 1.82) is 0 Å². The van der Waals surface area contributed by atoms with E-state index in [0.717, 1.165) is 19.8 Å². The number of carbonyl (C=O) groups excluding carboxylic acids is 3. The number of nitrogens with one attached hydrogen (secondary N) is 1. The highest BCUT2D eigenvalue weighted by molar-refractivity contribution is 9.11. The van der Waals surface area contributed by atoms with Crippen LogP contribution in [0.3, 0.4) is 0 Å². The van der Waals surface area contributed by atoms with Crippen molar-refractivity contribution in [2.24, 2.45) is 0 Å². The minimum atomic E-state index is -0.660. The Labute approximate surface area is 216 Å². The molecular formula is C22H20Br2N2O5S2. The number of hydrogen-bond donors (Lipinski definition) is 1. The summed E-state index contributed by atoms with van der Waals surface area (Å²) in [6, 6.07) is 10.3. The molecule has 2 aliphatic rings. The maximum Gasteiger partial charge on any atom is 0.355 e. The normalized spacial score (nSPS) is 19.6. The predicted molar refractivity (Wildman–Crippen MR) is 134 cm³/mol. The van der Waals surface area contributed by atoms with E-state index in [1.165, 1.54) is 28.0 Å². The summed E-state index contributed by atoms with van der Waals surface area (Å²) >= 11 is 9.80. The van der Waals surface area contributed by atoms with Crippen molar-refractivity contribution in [2.45, 2.75) is 24.4 Å². The van der Waals surface area contributed by atoms with Crippen molar-refractivity contribution in [1.82, 2.24) is 10.2 Å². The molecule has 0 aliphatic carbocycles. The number of β-lactam (4-membered cyclic amide) rings is 1. The fourth-order valence-electron chi connectivity index (χ4n) is 3.54. The Hall–Kier alpha value is -1.82. The Balaban J connectivity index is 1.40. The predicted octanol–water partition coefficient (Wildman–Crippen LogP) is 3.85. The average Bonchev–Trinajstić information content (AvgIpc) is 3.24. The molecule has 0 bridgehead atoms. The Morgan fingerprint density at radius 1 is 1.21 bits per heavy atom. The Morgan fingerprint density at radius 3 is 2.61 bits per heavy atom. The van der Waals surface area contributed by atoms with E-state index in [1.807, 2.05) is 24.3 Å². The monoisotopic (exact) mass is 614 g/mol. The molecule has 1 N–H and O–H groups in total. The molecule has 2 aromatic rings. The van der Waals surface area contributed by atoms with Gasteiger partial charge in [-0.05, 0) is 51.3 Å². The first kappa shape index (κ1) is 24.3. The van der Waals surface area contributed by atoms with Gasteiger partial charge in [0.25, 0.3) is 5.91 Å². The number of benzene rings is 1. The van der Waals surface area contributed by atoms with Crippen LogP contribution >= 0.6 is 55.0 Å². The Kier molecular flexibility index (Phi) is 7.83. The lowest BCUT2D eigenvalue weighted by Gasteiger charge is -2.49. The van der Waals surface area contributed by atoms with Gasteiger partial charge in [-0.1, -0.05) is 28.1 Å². The van der Waals surface area contributed by atoms with Gasteiger partial charge in [-0.3, -0.25) is 14.5 Å². The summed E-state index contributed by atoms with van der Waals surface area (Å²) < 4.78 is 11.6. The zero-order valence-electron chi connectivity index (χ0n) is 17.5. The van der Waals surface area contributed by atoms with Crippen LogP contribution < -0.4 is 10.1 Å². The van der Waals surface area contributed by atoms with E-state index in [9.17, 15) is 14.4 Å². The van der Waals surface area contributed by atoms with Gasteiger partial charge in [0.1, 0.15) is 29.5 Å². The van der Waals surface area contributed by atoms with Gasteiger partial charge in [-0.25, -0.2) is 4.79 Å². The summed E-state index contributed by atoms with van der Waals surface area (Å²) in [6.45, 7) is 0.0816. The summed E-state index contributed by atoms with van der Waals surface area (Å²) in [5.41, 5.74) is 1.87. The van der Waals surface area contributed by atoms with Crippen LogP contribution in [0.4, 0.5) is 0 Å². The molecule has 0 saturated carbocycles. The minimum Gasteiger partial charge on any atom is -0.497 e. The van der Waals surface area contributed by atoms with E-state index in [1.54, 1.807) is 19.2 Å². The lowest BCUT2D eigenvalue weighted by atomic mass is 10.0. The van der Waals surface area contributed by atoms with Gasteiger partial charge in [0.2, 0.25) is 5.91 Å². The number of alkyl halides is 1. The summed E-state index contributed by atoms with van der Waals surface area (Å²) in [5.74, 6) is 0.209. The highest BCUT2D eigenvalue weighted by atomic mass is 79.9. The third kappa shape index (κ3) is 5.31. The number of carbonyl (C=O) groups is 3. The summed E-state index contributed by atoms with van der Waals surface area (Å²) in [5, 5.41) is 2.95. The van der Waals surface area contributed by atoms with Crippen LogP contribution in [0.5, 0.6) is 5.75 Å². The first-order valence-corrected chi connectivity index (χ1v) is 13.8. The topological polar surface area (TPSA) is 84.9 Å². The van der Waals surface area contributed by atoms with Gasteiger partial charge in [0.15, 0.2) is 0 Å². The molecule has 1 saturated heterocycles. The van der Waals surface area contributed by atoms with Gasteiger partial charge in [0.05, 0.1) is 17.3 Å². The number of thioether (sulfide) groups is 1. The van der Waals surface area contributed by atoms with Crippen LogP contribution in [0.1, 0.15) is 10.4 Å². The first-order valence-electron chi connectivity index (χ1n) is 9.97. The number of methoxy groups -OCH3 is 1. The standard InChI is InChI=1S/C22H20Br2N2O5S2/c1-30-14-4-2-12(3-5-14)10-31-22(29)19-13(9-23)11-32-21-18(20(28)26(19)21)25-17(27)8-15-6-7-16(24)33-15/h2-7,18,21H,8-11H2,1H3,(H,25,27)/t18?,21-/m0/s1. The number of esters is 1. The third-order valence-corrected chi connectivity index (χ3v) is 8.85. The Morgan fingerprint density at radius 2 is 1.97 bits per heavy atom. The van der Waals surface area contributed by atoms with E-state index in [-0.39, 0.29) is 35.9 Å². The van der Waals surface area contributed by atoms with Gasteiger partial charge in [0, 0.05) is 16.0 Å². The van der Waals surface area contributed by atoms with Crippen LogP contribution in [-0.4, -0.2) is 52.3 Å². The second kappa shape index (κ2) is 10.6. The first-order chi connectivity index (χ1) is 15.9. The van der Waals surface area contributed by atoms with E-state index < -0.39 is 12.0 Å². The maximum absolute atomic E-state index is 13.0. The summed E-state index contributed by atoms with van der Waals surface area (Å²) in [4.78, 5) is 40.7. The molecule has 0 radical (unpaired) electrons. The molecule has 2 aliphatic heterocycles. The molecule has 2 atom stereocenters. The molecule has 1 aromatic carbocycles. The number of ether oxygens (including phenoxy) is 2. The molecule has 1 unspecified atom stereocenters. The molecule has 7 nitrogen and oxygen atoms in total. The minimum absolute atomic E-state index is 0.0816. The maximum atomic E-state index is 13.0. The van der Waals surface area contributed by atoms with Gasteiger partial charge < -0.3 is 14.8 Å². The molecule has 2 amide bonds. The number of rotatable bonds is 8.